The maximum atomic E-state index is 6.33. The minimum atomic E-state index is 0.281. The predicted molar refractivity (Wildman–Crippen MR) is 96.9 cm³/mol. The van der Waals surface area contributed by atoms with Gasteiger partial charge < -0.3 is 25.4 Å². The first kappa shape index (κ1) is 15.8. The molecule has 1 saturated heterocycles. The molecule has 2 aromatic rings. The Morgan fingerprint density at radius 1 is 1.20 bits per heavy atom. The van der Waals surface area contributed by atoms with Gasteiger partial charge in [0.05, 0.1) is 0 Å². The van der Waals surface area contributed by atoms with Gasteiger partial charge in [-0.25, -0.2) is 9.97 Å². The van der Waals surface area contributed by atoms with Crippen LogP contribution in [0.3, 0.4) is 0 Å². The highest BCUT2D eigenvalue weighted by Crippen LogP contribution is 2.33. The van der Waals surface area contributed by atoms with Crippen molar-refractivity contribution in [3.8, 4) is 11.5 Å². The number of anilines is 3. The Morgan fingerprint density at radius 3 is 2.84 bits per heavy atom. The molecule has 25 heavy (non-hydrogen) atoms. The van der Waals surface area contributed by atoms with Crippen molar-refractivity contribution in [3.63, 3.8) is 0 Å². The van der Waals surface area contributed by atoms with Gasteiger partial charge in [-0.15, -0.1) is 0 Å². The van der Waals surface area contributed by atoms with Crippen molar-refractivity contribution in [1.29, 1.82) is 0 Å². The number of nitrogens with one attached hydrogen (secondary N) is 1. The quantitative estimate of drug-likeness (QED) is 0.884. The normalized spacial score (nSPS) is 16.9. The number of nitrogens with zero attached hydrogens (tertiary/aromatic N) is 3. The number of ether oxygens (including phenoxy) is 2. The van der Waals surface area contributed by atoms with E-state index in [4.69, 9.17) is 15.2 Å². The Hall–Kier alpha value is -2.70. The molecular weight excluding hydrogens is 318 g/mol. The van der Waals surface area contributed by atoms with Crippen LogP contribution in [0.2, 0.25) is 0 Å². The Labute approximate surface area is 147 Å². The summed E-state index contributed by atoms with van der Waals surface area (Å²) in [5.74, 6) is 3.82. The fourth-order valence-electron chi connectivity index (χ4n) is 3.24. The summed E-state index contributed by atoms with van der Waals surface area (Å²) in [6.07, 6.45) is 3.92. The molecule has 1 aromatic heterocycles. The van der Waals surface area contributed by atoms with Crippen LogP contribution in [0.15, 0.2) is 24.5 Å². The number of hydrogen-bond donors (Lipinski definition) is 2. The van der Waals surface area contributed by atoms with E-state index in [9.17, 15) is 0 Å². The highest BCUT2D eigenvalue weighted by atomic mass is 16.7. The Bertz CT molecular complexity index is 759. The average molecular weight is 341 g/mol. The van der Waals surface area contributed by atoms with Crippen molar-refractivity contribution in [2.75, 3.05) is 35.8 Å². The molecule has 0 spiro atoms. The first-order valence-corrected chi connectivity index (χ1v) is 8.68. The van der Waals surface area contributed by atoms with E-state index in [1.54, 1.807) is 6.33 Å². The lowest BCUT2D eigenvalue weighted by molar-refractivity contribution is 0.174. The molecule has 0 unspecified atom stereocenters. The van der Waals surface area contributed by atoms with Crippen molar-refractivity contribution in [1.82, 2.24) is 9.97 Å². The molecule has 2 aliphatic heterocycles. The molecule has 7 heteroatoms. The lowest BCUT2D eigenvalue weighted by atomic mass is 9.99. The minimum absolute atomic E-state index is 0.281. The standard InChI is InChI=1S/C18H23N5O2/c1-12-4-6-23(7-5-12)18-16(19)17(21-10-22-18)20-9-13-2-3-14-15(8-13)25-11-24-14/h2-3,8,10,12H,4-7,9,11,19H2,1H3,(H,20,21,22). The van der Waals surface area contributed by atoms with Crippen molar-refractivity contribution in [3.05, 3.63) is 30.1 Å². The number of aromatic nitrogens is 2. The van der Waals surface area contributed by atoms with Gasteiger partial charge in [-0.05, 0) is 36.5 Å². The number of hydrogen-bond acceptors (Lipinski definition) is 7. The molecule has 2 aliphatic rings. The first-order chi connectivity index (χ1) is 12.2. The van der Waals surface area contributed by atoms with Crippen LogP contribution < -0.4 is 25.4 Å². The van der Waals surface area contributed by atoms with E-state index in [1.807, 2.05) is 18.2 Å². The molecule has 0 amide bonds. The molecule has 132 valence electrons. The highest BCUT2D eigenvalue weighted by molar-refractivity contribution is 5.75. The molecule has 3 heterocycles. The maximum absolute atomic E-state index is 6.33. The number of nitrogen functional groups attached to an aromatic ring is 1. The second-order valence-electron chi connectivity index (χ2n) is 6.67. The summed E-state index contributed by atoms with van der Waals surface area (Å²) in [4.78, 5) is 11.0. The number of piperidine rings is 1. The Kier molecular flexibility index (Phi) is 4.21. The fraction of sp³-hybridized carbons (Fsp3) is 0.444. The average Bonchev–Trinajstić information content (AvgIpc) is 3.09. The van der Waals surface area contributed by atoms with Crippen LogP contribution in [0.1, 0.15) is 25.3 Å². The molecule has 0 radical (unpaired) electrons. The Balaban J connectivity index is 1.46. The van der Waals surface area contributed by atoms with E-state index >= 15 is 0 Å². The van der Waals surface area contributed by atoms with E-state index in [2.05, 4.69) is 27.1 Å². The fourth-order valence-corrected chi connectivity index (χ4v) is 3.24. The van der Waals surface area contributed by atoms with Gasteiger partial charge in [0.1, 0.15) is 12.0 Å². The largest absolute Gasteiger partial charge is 0.454 e. The zero-order chi connectivity index (χ0) is 17.2. The van der Waals surface area contributed by atoms with Gasteiger partial charge in [-0.3, -0.25) is 0 Å². The highest BCUT2D eigenvalue weighted by Gasteiger charge is 2.20. The van der Waals surface area contributed by atoms with Gasteiger partial charge in [0, 0.05) is 19.6 Å². The van der Waals surface area contributed by atoms with E-state index in [-0.39, 0.29) is 6.79 Å². The molecule has 0 aliphatic carbocycles. The van der Waals surface area contributed by atoms with Crippen LogP contribution in [-0.4, -0.2) is 29.9 Å². The third kappa shape index (κ3) is 3.26. The number of nitrogens with two attached hydrogens (primary N) is 1. The molecule has 3 N–H and O–H groups in total. The van der Waals surface area contributed by atoms with Crippen LogP contribution >= 0.6 is 0 Å². The summed E-state index contributed by atoms with van der Waals surface area (Å²) in [7, 11) is 0. The van der Waals surface area contributed by atoms with Crippen molar-refractivity contribution in [2.45, 2.75) is 26.3 Å². The third-order valence-electron chi connectivity index (χ3n) is 4.84. The Morgan fingerprint density at radius 2 is 2.00 bits per heavy atom. The summed E-state index contributed by atoms with van der Waals surface area (Å²) in [5.41, 5.74) is 8.02. The lowest BCUT2D eigenvalue weighted by Gasteiger charge is -2.32. The van der Waals surface area contributed by atoms with Gasteiger partial charge in [0.2, 0.25) is 6.79 Å². The number of fused-ring (bicyclic) bond motifs is 1. The molecule has 1 aromatic carbocycles. The third-order valence-corrected chi connectivity index (χ3v) is 4.84. The second kappa shape index (κ2) is 6.66. The molecule has 0 saturated carbocycles. The summed E-state index contributed by atoms with van der Waals surface area (Å²) in [6, 6.07) is 5.90. The molecule has 1 fully saturated rings. The lowest BCUT2D eigenvalue weighted by Crippen LogP contribution is -2.34. The topological polar surface area (TPSA) is 85.5 Å². The van der Waals surface area contributed by atoms with E-state index < -0.39 is 0 Å². The zero-order valence-electron chi connectivity index (χ0n) is 14.4. The van der Waals surface area contributed by atoms with Crippen LogP contribution in [0.5, 0.6) is 11.5 Å². The monoisotopic (exact) mass is 341 g/mol. The van der Waals surface area contributed by atoms with Gasteiger partial charge in [-0.2, -0.15) is 0 Å². The van der Waals surface area contributed by atoms with Crippen molar-refractivity contribution >= 4 is 17.3 Å². The predicted octanol–water partition coefficient (Wildman–Crippen LogP) is 2.64. The van der Waals surface area contributed by atoms with Gasteiger partial charge in [0.25, 0.3) is 0 Å². The molecule has 7 nitrogen and oxygen atoms in total. The summed E-state index contributed by atoms with van der Waals surface area (Å²) >= 11 is 0. The van der Waals surface area contributed by atoms with Crippen molar-refractivity contribution in [2.24, 2.45) is 5.92 Å². The van der Waals surface area contributed by atoms with E-state index in [0.29, 0.717) is 18.1 Å². The van der Waals surface area contributed by atoms with Crippen LogP contribution in [0.25, 0.3) is 0 Å². The second-order valence-corrected chi connectivity index (χ2v) is 6.67. The van der Waals surface area contributed by atoms with Gasteiger partial charge in [-0.1, -0.05) is 13.0 Å². The SMILES string of the molecule is CC1CCN(c2ncnc(NCc3ccc4c(c3)OCO4)c2N)CC1. The van der Waals surface area contributed by atoms with Crippen molar-refractivity contribution < 1.29 is 9.47 Å². The smallest absolute Gasteiger partial charge is 0.231 e. The summed E-state index contributed by atoms with van der Waals surface area (Å²) in [6.45, 7) is 5.16. The van der Waals surface area contributed by atoms with Crippen LogP contribution in [-0.2, 0) is 6.54 Å². The van der Waals surface area contributed by atoms with E-state index in [0.717, 1.165) is 41.9 Å². The number of rotatable bonds is 4. The molecule has 4 rings (SSSR count). The summed E-state index contributed by atoms with van der Waals surface area (Å²) < 4.78 is 10.8. The van der Waals surface area contributed by atoms with E-state index in [1.165, 1.54) is 12.8 Å². The summed E-state index contributed by atoms with van der Waals surface area (Å²) in [5, 5.41) is 3.31. The first-order valence-electron chi connectivity index (χ1n) is 8.68. The molecular formula is C18H23N5O2. The van der Waals surface area contributed by atoms with Gasteiger partial charge >= 0.3 is 0 Å². The van der Waals surface area contributed by atoms with Crippen LogP contribution in [0.4, 0.5) is 17.3 Å². The number of benzene rings is 1. The van der Waals surface area contributed by atoms with Crippen LogP contribution in [0, 0.1) is 5.92 Å². The molecule has 0 atom stereocenters. The van der Waals surface area contributed by atoms with Gasteiger partial charge in [0.15, 0.2) is 23.1 Å². The molecule has 0 bridgehead atoms. The maximum Gasteiger partial charge on any atom is 0.231 e. The zero-order valence-corrected chi connectivity index (χ0v) is 14.4. The minimum Gasteiger partial charge on any atom is -0.454 e.